The Kier molecular flexibility index (Phi) is 5.28. The van der Waals surface area contributed by atoms with Crippen LogP contribution in [0.4, 0.5) is 23.4 Å². The van der Waals surface area contributed by atoms with E-state index < -0.39 is 19.0 Å². The van der Waals surface area contributed by atoms with Crippen molar-refractivity contribution in [3.63, 3.8) is 0 Å². The summed E-state index contributed by atoms with van der Waals surface area (Å²) in [5.41, 5.74) is 2.22. The van der Waals surface area contributed by atoms with Crippen molar-refractivity contribution in [2.75, 3.05) is 12.0 Å². The summed E-state index contributed by atoms with van der Waals surface area (Å²) in [5.74, 6) is 1.18. The Hall–Kier alpha value is -1.64. The minimum absolute atomic E-state index is 0.161. The van der Waals surface area contributed by atoms with Gasteiger partial charge in [0.25, 0.3) is 0 Å². The van der Waals surface area contributed by atoms with E-state index in [9.17, 15) is 17.6 Å². The third-order valence-corrected chi connectivity index (χ3v) is 2.10. The van der Waals surface area contributed by atoms with E-state index in [0.717, 1.165) is 12.5 Å². The smallest absolute Gasteiger partial charge is 0.340 e. The maximum Gasteiger partial charge on any atom is 0.340 e. The van der Waals surface area contributed by atoms with Crippen LogP contribution in [0, 0.1) is 0 Å². The number of nitrogens with two attached hydrogens (primary N) is 1. The van der Waals surface area contributed by atoms with Gasteiger partial charge >= 0.3 is 12.3 Å². The predicted octanol–water partition coefficient (Wildman–Crippen LogP) is 1.99. The molecule has 0 aromatic carbocycles. The van der Waals surface area contributed by atoms with Crippen molar-refractivity contribution in [2.45, 2.75) is 32.1 Å². The highest BCUT2D eigenvalue weighted by Crippen LogP contribution is 2.24. The molecule has 0 radical (unpaired) electrons. The highest BCUT2D eigenvalue weighted by atomic mass is 19.3. The number of alkyl halides is 4. The number of halogens is 4. The first-order valence-corrected chi connectivity index (χ1v) is 5.52. The summed E-state index contributed by atoms with van der Waals surface area (Å²) < 4.78 is 53.9. The Morgan fingerprint density at radius 1 is 1.42 bits per heavy atom. The first-order chi connectivity index (χ1) is 8.89. The molecule has 1 aromatic rings. The highest BCUT2D eigenvalue weighted by Gasteiger charge is 2.41. The molecule has 0 spiro atoms. The third kappa shape index (κ3) is 4.51. The molecule has 108 valence electrons. The van der Waals surface area contributed by atoms with Gasteiger partial charge in [-0.25, -0.2) is 19.6 Å². The maximum absolute atomic E-state index is 12.7. The molecule has 1 heterocycles. The van der Waals surface area contributed by atoms with Gasteiger partial charge < -0.3 is 10.2 Å². The number of ether oxygens (including phenoxy) is 1. The third-order valence-electron chi connectivity index (χ3n) is 2.10. The summed E-state index contributed by atoms with van der Waals surface area (Å²) in [7, 11) is 0. The molecule has 1 aromatic heterocycles. The van der Waals surface area contributed by atoms with E-state index in [2.05, 4.69) is 20.1 Å². The van der Waals surface area contributed by atoms with Gasteiger partial charge in [0.1, 0.15) is 11.6 Å². The summed E-state index contributed by atoms with van der Waals surface area (Å²) in [4.78, 5) is 7.78. The molecule has 19 heavy (non-hydrogen) atoms. The highest BCUT2D eigenvalue weighted by molar-refractivity contribution is 5.37. The number of anilines is 1. The van der Waals surface area contributed by atoms with Crippen LogP contribution in [0.25, 0.3) is 0 Å². The zero-order valence-corrected chi connectivity index (χ0v) is 10.2. The van der Waals surface area contributed by atoms with E-state index in [1.807, 2.05) is 6.92 Å². The molecular weight excluding hydrogens is 268 g/mol. The number of aromatic nitrogens is 2. The zero-order chi connectivity index (χ0) is 14.5. The van der Waals surface area contributed by atoms with E-state index in [0.29, 0.717) is 12.2 Å². The monoisotopic (exact) mass is 282 g/mol. The molecule has 0 aliphatic carbocycles. The van der Waals surface area contributed by atoms with Gasteiger partial charge in [0.05, 0.1) is 0 Å². The lowest BCUT2D eigenvalue weighted by atomic mass is 10.3. The van der Waals surface area contributed by atoms with Crippen molar-refractivity contribution in [2.24, 2.45) is 5.84 Å². The van der Waals surface area contributed by atoms with Crippen LogP contribution in [-0.2, 0) is 6.42 Å². The number of nitrogens with one attached hydrogen (secondary N) is 1. The summed E-state index contributed by atoms with van der Waals surface area (Å²) in [6.45, 7) is 0.411. The Balaban J connectivity index is 2.80. The normalized spacial score (nSPS) is 11.7. The van der Waals surface area contributed by atoms with E-state index in [4.69, 9.17) is 5.84 Å². The van der Waals surface area contributed by atoms with Gasteiger partial charge in [0, 0.05) is 12.5 Å². The second-order valence-electron chi connectivity index (χ2n) is 3.75. The van der Waals surface area contributed by atoms with Gasteiger partial charge in [-0.15, -0.1) is 0 Å². The molecule has 0 saturated heterocycles. The van der Waals surface area contributed by atoms with Crippen LogP contribution in [0.2, 0.25) is 0 Å². The van der Waals surface area contributed by atoms with Crippen molar-refractivity contribution in [1.82, 2.24) is 9.97 Å². The van der Waals surface area contributed by atoms with Crippen LogP contribution in [0.5, 0.6) is 5.88 Å². The van der Waals surface area contributed by atoms with Crippen LogP contribution in [0.1, 0.15) is 19.2 Å². The lowest BCUT2D eigenvalue weighted by Crippen LogP contribution is -2.34. The first kappa shape index (κ1) is 15.4. The SMILES string of the molecule is CCCc1nc(NN)cc(OCC(F)(F)C(F)F)n1. The fourth-order valence-electron chi connectivity index (χ4n) is 1.19. The van der Waals surface area contributed by atoms with Gasteiger partial charge in [-0.05, 0) is 6.42 Å². The number of nitrogens with zero attached hydrogens (tertiary/aromatic N) is 2. The number of aryl methyl sites for hydroxylation is 1. The van der Waals surface area contributed by atoms with Gasteiger partial charge in [-0.3, -0.25) is 0 Å². The molecular formula is C10H14F4N4O. The van der Waals surface area contributed by atoms with Crippen molar-refractivity contribution in [3.8, 4) is 5.88 Å². The largest absolute Gasteiger partial charge is 0.471 e. The molecule has 0 fully saturated rings. The molecule has 0 saturated carbocycles. The quantitative estimate of drug-likeness (QED) is 0.454. The van der Waals surface area contributed by atoms with E-state index in [-0.39, 0.29) is 11.7 Å². The average molecular weight is 282 g/mol. The Bertz CT molecular complexity index is 417. The van der Waals surface area contributed by atoms with Crippen LogP contribution in [0.15, 0.2) is 6.07 Å². The molecule has 1 rings (SSSR count). The number of hydrogen-bond donors (Lipinski definition) is 2. The average Bonchev–Trinajstić information content (AvgIpc) is 2.36. The molecule has 0 bridgehead atoms. The van der Waals surface area contributed by atoms with Crippen molar-refractivity contribution in [3.05, 3.63) is 11.9 Å². The van der Waals surface area contributed by atoms with Gasteiger partial charge in [0.15, 0.2) is 6.61 Å². The zero-order valence-electron chi connectivity index (χ0n) is 10.2. The molecule has 0 amide bonds. The van der Waals surface area contributed by atoms with Crippen LogP contribution < -0.4 is 16.0 Å². The number of nitrogen functional groups attached to an aromatic ring is 1. The van der Waals surface area contributed by atoms with Gasteiger partial charge in [-0.2, -0.15) is 13.8 Å². The molecule has 3 N–H and O–H groups in total. The Morgan fingerprint density at radius 2 is 2.11 bits per heavy atom. The van der Waals surface area contributed by atoms with E-state index in [1.165, 1.54) is 0 Å². The summed E-state index contributed by atoms with van der Waals surface area (Å²) >= 11 is 0. The van der Waals surface area contributed by atoms with E-state index in [1.54, 1.807) is 0 Å². The lowest BCUT2D eigenvalue weighted by Gasteiger charge is -2.16. The van der Waals surface area contributed by atoms with Crippen LogP contribution in [-0.4, -0.2) is 28.9 Å². The number of hydrazine groups is 1. The second-order valence-corrected chi connectivity index (χ2v) is 3.75. The van der Waals surface area contributed by atoms with Crippen LogP contribution >= 0.6 is 0 Å². The molecule has 0 atom stereocenters. The molecule has 0 aliphatic heterocycles. The standard InChI is InChI=1S/C10H14F4N4O/c1-2-3-6-16-7(18-15)4-8(17-6)19-5-10(13,14)9(11)12/h4,9H,2-3,5,15H2,1H3,(H,16,17,18). The fourth-order valence-corrected chi connectivity index (χ4v) is 1.19. The first-order valence-electron chi connectivity index (χ1n) is 5.52. The molecule has 9 heteroatoms. The van der Waals surface area contributed by atoms with Crippen LogP contribution in [0.3, 0.4) is 0 Å². The van der Waals surface area contributed by atoms with Gasteiger partial charge in [0.2, 0.25) is 5.88 Å². The fraction of sp³-hybridized carbons (Fsp3) is 0.600. The number of hydrogen-bond acceptors (Lipinski definition) is 5. The molecule has 0 aliphatic rings. The topological polar surface area (TPSA) is 73.1 Å². The molecule has 5 nitrogen and oxygen atoms in total. The predicted molar refractivity (Wildman–Crippen MR) is 60.3 cm³/mol. The van der Waals surface area contributed by atoms with Crippen molar-refractivity contribution < 1.29 is 22.3 Å². The number of rotatable bonds is 7. The minimum Gasteiger partial charge on any atom is -0.471 e. The minimum atomic E-state index is -4.23. The maximum atomic E-state index is 12.7. The van der Waals surface area contributed by atoms with E-state index >= 15 is 0 Å². The summed E-state index contributed by atoms with van der Waals surface area (Å²) in [6.07, 6.45) is -2.59. The van der Waals surface area contributed by atoms with Crippen molar-refractivity contribution >= 4 is 5.82 Å². The van der Waals surface area contributed by atoms with Crippen molar-refractivity contribution in [1.29, 1.82) is 0 Å². The Morgan fingerprint density at radius 3 is 2.63 bits per heavy atom. The summed E-state index contributed by atoms with van der Waals surface area (Å²) in [6, 6.07) is 1.15. The second kappa shape index (κ2) is 6.50. The Labute approximate surface area is 107 Å². The van der Waals surface area contributed by atoms with Gasteiger partial charge in [-0.1, -0.05) is 6.92 Å². The summed E-state index contributed by atoms with van der Waals surface area (Å²) in [5, 5.41) is 0. The lowest BCUT2D eigenvalue weighted by molar-refractivity contribution is -0.148. The molecule has 0 unspecified atom stereocenters.